The summed E-state index contributed by atoms with van der Waals surface area (Å²) in [5, 5.41) is 3.89. The second-order valence-corrected chi connectivity index (χ2v) is 5.73. The minimum atomic E-state index is -0.00213. The highest BCUT2D eigenvalue weighted by molar-refractivity contribution is 9.09. The van der Waals surface area contributed by atoms with Crippen LogP contribution in [-0.2, 0) is 17.6 Å². The van der Waals surface area contributed by atoms with Gasteiger partial charge in [-0.25, -0.2) is 0 Å². The van der Waals surface area contributed by atoms with Crippen molar-refractivity contribution in [3.8, 4) is 0 Å². The molecule has 1 N–H and O–H groups in total. The number of amides is 1. The van der Waals surface area contributed by atoms with Gasteiger partial charge in [-0.3, -0.25) is 4.79 Å². The lowest BCUT2D eigenvalue weighted by atomic mass is 10.1. The van der Waals surface area contributed by atoms with Gasteiger partial charge in [-0.15, -0.1) is 0 Å². The summed E-state index contributed by atoms with van der Waals surface area (Å²) in [6, 6.07) is 6.12. The SMILES string of the molecule is COCC(CCBr)NC(=O)c1ccc2c(c1)CCC2. The maximum atomic E-state index is 12.2. The van der Waals surface area contributed by atoms with Crippen molar-refractivity contribution in [2.45, 2.75) is 31.7 Å². The van der Waals surface area contributed by atoms with Crippen LogP contribution in [0.5, 0.6) is 0 Å². The minimum absolute atomic E-state index is 0.00213. The number of fused-ring (bicyclic) bond motifs is 1. The van der Waals surface area contributed by atoms with Crippen LogP contribution < -0.4 is 5.32 Å². The second kappa shape index (κ2) is 7.06. The predicted molar refractivity (Wildman–Crippen MR) is 80.0 cm³/mol. The van der Waals surface area contributed by atoms with E-state index in [-0.39, 0.29) is 11.9 Å². The Bertz CT molecular complexity index is 442. The Morgan fingerprint density at radius 1 is 1.42 bits per heavy atom. The number of methoxy groups -OCH3 is 1. The highest BCUT2D eigenvalue weighted by Gasteiger charge is 2.16. The quantitative estimate of drug-likeness (QED) is 0.817. The lowest BCUT2D eigenvalue weighted by Gasteiger charge is -2.17. The third-order valence-electron chi connectivity index (χ3n) is 3.52. The van der Waals surface area contributed by atoms with E-state index in [1.165, 1.54) is 17.5 Å². The Labute approximate surface area is 122 Å². The first-order valence-corrected chi connectivity index (χ1v) is 7.84. The first kappa shape index (κ1) is 14.5. The molecule has 0 spiro atoms. The van der Waals surface area contributed by atoms with Crippen molar-refractivity contribution in [3.05, 3.63) is 34.9 Å². The number of benzene rings is 1. The number of ether oxygens (including phenoxy) is 1. The standard InChI is InChI=1S/C15H20BrNO2/c1-19-10-14(7-8-16)17-15(18)13-6-5-11-3-2-4-12(11)9-13/h5-6,9,14H,2-4,7-8,10H2,1H3,(H,17,18). The van der Waals surface area contributed by atoms with Gasteiger partial charge < -0.3 is 10.1 Å². The molecule has 4 heteroatoms. The molecule has 19 heavy (non-hydrogen) atoms. The summed E-state index contributed by atoms with van der Waals surface area (Å²) in [6.45, 7) is 0.544. The van der Waals surface area contributed by atoms with Crippen molar-refractivity contribution in [3.63, 3.8) is 0 Å². The molecule has 0 radical (unpaired) electrons. The molecule has 1 aliphatic rings. The number of hydrogen-bond acceptors (Lipinski definition) is 2. The third-order valence-corrected chi connectivity index (χ3v) is 3.98. The number of rotatable bonds is 6. The molecule has 0 fully saturated rings. The van der Waals surface area contributed by atoms with E-state index < -0.39 is 0 Å². The van der Waals surface area contributed by atoms with E-state index >= 15 is 0 Å². The van der Waals surface area contributed by atoms with Gasteiger partial charge in [0, 0.05) is 18.0 Å². The molecule has 2 rings (SSSR count). The zero-order valence-electron chi connectivity index (χ0n) is 11.2. The fourth-order valence-corrected chi connectivity index (χ4v) is 3.06. The summed E-state index contributed by atoms with van der Waals surface area (Å²) in [6.07, 6.45) is 4.31. The van der Waals surface area contributed by atoms with Gasteiger partial charge in [0.05, 0.1) is 12.6 Å². The fourth-order valence-electron chi connectivity index (χ4n) is 2.51. The molecular formula is C15H20BrNO2. The highest BCUT2D eigenvalue weighted by atomic mass is 79.9. The molecule has 1 atom stereocenters. The van der Waals surface area contributed by atoms with Crippen LogP contribution in [0.15, 0.2) is 18.2 Å². The van der Waals surface area contributed by atoms with Gasteiger partial charge in [0.25, 0.3) is 5.91 Å². The molecule has 1 aromatic carbocycles. The molecule has 1 aromatic rings. The molecule has 0 saturated heterocycles. The Hall–Kier alpha value is -0.870. The zero-order chi connectivity index (χ0) is 13.7. The van der Waals surface area contributed by atoms with Crippen molar-refractivity contribution < 1.29 is 9.53 Å². The third kappa shape index (κ3) is 3.80. The van der Waals surface area contributed by atoms with Crippen LogP contribution >= 0.6 is 15.9 Å². The van der Waals surface area contributed by atoms with Gasteiger partial charge in [-0.2, -0.15) is 0 Å². The predicted octanol–water partition coefficient (Wildman–Crippen LogP) is 2.71. The first-order valence-electron chi connectivity index (χ1n) is 6.72. The monoisotopic (exact) mass is 325 g/mol. The van der Waals surface area contributed by atoms with E-state index in [2.05, 4.69) is 27.3 Å². The van der Waals surface area contributed by atoms with Crippen molar-refractivity contribution in [1.82, 2.24) is 5.32 Å². The van der Waals surface area contributed by atoms with Crippen molar-refractivity contribution in [2.24, 2.45) is 0 Å². The molecule has 3 nitrogen and oxygen atoms in total. The molecule has 1 aliphatic carbocycles. The van der Waals surface area contributed by atoms with E-state index in [0.717, 1.165) is 30.2 Å². The van der Waals surface area contributed by atoms with Gasteiger partial charge >= 0.3 is 0 Å². The molecule has 0 bridgehead atoms. The van der Waals surface area contributed by atoms with Crippen LogP contribution in [0.4, 0.5) is 0 Å². The summed E-state index contributed by atoms with van der Waals surface area (Å²) in [5.41, 5.74) is 3.48. The van der Waals surface area contributed by atoms with Crippen LogP contribution in [0.2, 0.25) is 0 Å². The molecule has 104 valence electrons. The van der Waals surface area contributed by atoms with Gasteiger partial charge in [0.1, 0.15) is 0 Å². The molecular weight excluding hydrogens is 306 g/mol. The van der Waals surface area contributed by atoms with Crippen molar-refractivity contribution >= 4 is 21.8 Å². The first-order chi connectivity index (χ1) is 9.24. The highest BCUT2D eigenvalue weighted by Crippen LogP contribution is 2.22. The number of aryl methyl sites for hydroxylation is 2. The number of nitrogens with one attached hydrogen (secondary N) is 1. The van der Waals surface area contributed by atoms with Crippen molar-refractivity contribution in [1.29, 1.82) is 0 Å². The number of hydrogen-bond donors (Lipinski definition) is 1. The Morgan fingerprint density at radius 2 is 2.21 bits per heavy atom. The van der Waals surface area contributed by atoms with E-state index in [0.29, 0.717) is 6.61 Å². The maximum Gasteiger partial charge on any atom is 0.251 e. The maximum absolute atomic E-state index is 12.2. The van der Waals surface area contributed by atoms with Gasteiger partial charge in [0.15, 0.2) is 0 Å². The summed E-state index contributed by atoms with van der Waals surface area (Å²) in [5.74, 6) is -0.00213. The summed E-state index contributed by atoms with van der Waals surface area (Å²) in [4.78, 5) is 12.2. The Morgan fingerprint density at radius 3 is 2.95 bits per heavy atom. The molecule has 1 amide bonds. The fraction of sp³-hybridized carbons (Fsp3) is 0.533. The summed E-state index contributed by atoms with van der Waals surface area (Å²) in [7, 11) is 1.66. The lowest BCUT2D eigenvalue weighted by molar-refractivity contribution is 0.0895. The summed E-state index contributed by atoms with van der Waals surface area (Å²) >= 11 is 3.40. The molecule has 0 heterocycles. The normalized spacial score (nSPS) is 15.1. The molecule has 0 saturated carbocycles. The van der Waals surface area contributed by atoms with Gasteiger partial charge in [-0.05, 0) is 48.9 Å². The molecule has 1 unspecified atom stereocenters. The lowest BCUT2D eigenvalue weighted by Crippen LogP contribution is -2.38. The van der Waals surface area contributed by atoms with E-state index in [1.807, 2.05) is 12.1 Å². The van der Waals surface area contributed by atoms with E-state index in [9.17, 15) is 4.79 Å². The van der Waals surface area contributed by atoms with Crippen LogP contribution in [0.3, 0.4) is 0 Å². The van der Waals surface area contributed by atoms with Gasteiger partial charge in [0.2, 0.25) is 0 Å². The van der Waals surface area contributed by atoms with Crippen LogP contribution in [0, 0.1) is 0 Å². The minimum Gasteiger partial charge on any atom is -0.383 e. The average molecular weight is 326 g/mol. The van der Waals surface area contributed by atoms with Crippen molar-refractivity contribution in [2.75, 3.05) is 19.0 Å². The van der Waals surface area contributed by atoms with E-state index in [1.54, 1.807) is 7.11 Å². The van der Waals surface area contributed by atoms with Crippen LogP contribution in [0.1, 0.15) is 34.3 Å². The Kier molecular flexibility index (Phi) is 5.40. The zero-order valence-corrected chi connectivity index (χ0v) is 12.8. The van der Waals surface area contributed by atoms with Crippen LogP contribution in [-0.4, -0.2) is 31.0 Å². The topological polar surface area (TPSA) is 38.3 Å². The van der Waals surface area contributed by atoms with Crippen LogP contribution in [0.25, 0.3) is 0 Å². The van der Waals surface area contributed by atoms with E-state index in [4.69, 9.17) is 4.74 Å². The number of alkyl halides is 1. The molecule has 0 aliphatic heterocycles. The smallest absolute Gasteiger partial charge is 0.251 e. The summed E-state index contributed by atoms with van der Waals surface area (Å²) < 4.78 is 5.13. The molecule has 0 aromatic heterocycles. The van der Waals surface area contributed by atoms with Gasteiger partial charge in [-0.1, -0.05) is 22.0 Å². The number of halogens is 1. The number of carbonyl (C=O) groups excluding carboxylic acids is 1. The number of carbonyl (C=O) groups is 1. The second-order valence-electron chi connectivity index (χ2n) is 4.94. The average Bonchev–Trinajstić information content (AvgIpc) is 2.86. The largest absolute Gasteiger partial charge is 0.383 e. The Balaban J connectivity index is 2.02.